The van der Waals surface area contributed by atoms with Crippen LogP contribution in [-0.4, -0.2) is 19.8 Å². The van der Waals surface area contributed by atoms with Crippen molar-refractivity contribution in [3.8, 4) is 0 Å². The van der Waals surface area contributed by atoms with Gasteiger partial charge in [0.25, 0.3) is 0 Å². The molecule has 2 atom stereocenters. The molecular weight excluding hydrogens is 270 g/mol. The minimum Gasteiger partial charge on any atom is -0.385 e. The topological polar surface area (TPSA) is 37.3 Å². The molecule has 19 heavy (non-hydrogen) atoms. The van der Waals surface area contributed by atoms with Crippen molar-refractivity contribution in [2.24, 2.45) is 0 Å². The van der Waals surface area contributed by atoms with Gasteiger partial charge in [-0.05, 0) is 44.2 Å². The van der Waals surface area contributed by atoms with Crippen LogP contribution in [0.15, 0.2) is 12.1 Å². The number of hydrogen-bond donors (Lipinski definition) is 1. The molecule has 2 fully saturated rings. The van der Waals surface area contributed by atoms with Crippen LogP contribution in [0.4, 0.5) is 8.78 Å². The third-order valence-electron chi connectivity index (χ3n) is 4.35. The summed E-state index contributed by atoms with van der Waals surface area (Å²) >= 11 is 0. The highest BCUT2D eigenvalue weighted by molar-refractivity contribution is 7.86. The molecule has 2 nitrogen and oxygen atoms in total. The van der Waals surface area contributed by atoms with Gasteiger partial charge in [-0.25, -0.2) is 8.78 Å². The maximum absolute atomic E-state index is 14.0. The molecular formula is C14H16F2O2S. The summed E-state index contributed by atoms with van der Waals surface area (Å²) in [6.07, 6.45) is 2.25. The summed E-state index contributed by atoms with van der Waals surface area (Å²) in [6.45, 7) is 1.55. The van der Waals surface area contributed by atoms with E-state index in [-0.39, 0.29) is 16.1 Å². The Morgan fingerprint density at radius 3 is 2.37 bits per heavy atom. The first kappa shape index (κ1) is 13.2. The summed E-state index contributed by atoms with van der Waals surface area (Å²) in [6, 6.07) is 2.22. The molecule has 2 unspecified atom stereocenters. The summed E-state index contributed by atoms with van der Waals surface area (Å²) in [7, 11) is -0.912. The summed E-state index contributed by atoms with van der Waals surface area (Å²) in [4.78, 5) is 0. The van der Waals surface area contributed by atoms with Crippen LogP contribution in [0.1, 0.15) is 36.8 Å². The summed E-state index contributed by atoms with van der Waals surface area (Å²) in [5.41, 5.74) is -0.827. The molecule has 0 aliphatic carbocycles. The maximum atomic E-state index is 14.0. The van der Waals surface area contributed by atoms with Crippen LogP contribution >= 0.6 is 0 Å². The van der Waals surface area contributed by atoms with E-state index in [0.29, 0.717) is 18.4 Å². The van der Waals surface area contributed by atoms with E-state index < -0.39 is 28.0 Å². The van der Waals surface area contributed by atoms with Crippen LogP contribution in [0.5, 0.6) is 0 Å². The first-order valence-corrected chi connectivity index (χ1v) is 7.76. The summed E-state index contributed by atoms with van der Waals surface area (Å²) < 4.78 is 39.2. The van der Waals surface area contributed by atoms with E-state index in [4.69, 9.17) is 0 Å². The quantitative estimate of drug-likeness (QED) is 0.861. The fourth-order valence-corrected chi connectivity index (χ4v) is 5.48. The number of fused-ring (bicyclic) bond motifs is 2. The van der Waals surface area contributed by atoms with Gasteiger partial charge in [0.1, 0.15) is 11.6 Å². The van der Waals surface area contributed by atoms with Gasteiger partial charge in [-0.3, -0.25) is 4.21 Å². The Kier molecular flexibility index (Phi) is 3.02. The highest BCUT2D eigenvalue weighted by Gasteiger charge is 2.49. The van der Waals surface area contributed by atoms with Crippen LogP contribution in [0.25, 0.3) is 0 Å². The SMILES string of the molecule is Cc1cc(C2(O)CC3CCC(C2)S3=O)c(F)cc1F. The van der Waals surface area contributed by atoms with Gasteiger partial charge in [0.15, 0.2) is 0 Å². The van der Waals surface area contributed by atoms with Crippen LogP contribution in [0.2, 0.25) is 0 Å². The lowest BCUT2D eigenvalue weighted by molar-refractivity contribution is 0.0149. The van der Waals surface area contributed by atoms with Crippen LogP contribution < -0.4 is 0 Å². The molecule has 0 saturated carbocycles. The molecule has 2 heterocycles. The fourth-order valence-electron chi connectivity index (χ4n) is 3.32. The number of halogens is 2. The minimum absolute atomic E-state index is 0.0616. The number of rotatable bonds is 1. The highest BCUT2D eigenvalue weighted by atomic mass is 32.2. The maximum Gasteiger partial charge on any atom is 0.132 e. The molecule has 0 radical (unpaired) electrons. The van der Waals surface area contributed by atoms with Crippen molar-refractivity contribution >= 4 is 10.8 Å². The van der Waals surface area contributed by atoms with E-state index in [1.165, 1.54) is 6.07 Å². The van der Waals surface area contributed by atoms with Gasteiger partial charge in [0.2, 0.25) is 0 Å². The van der Waals surface area contributed by atoms with E-state index >= 15 is 0 Å². The Bertz CT molecular complexity index is 543. The molecule has 2 saturated heterocycles. The molecule has 3 rings (SSSR count). The largest absolute Gasteiger partial charge is 0.385 e. The average molecular weight is 286 g/mol. The Hall–Kier alpha value is -0.810. The Morgan fingerprint density at radius 1 is 1.21 bits per heavy atom. The van der Waals surface area contributed by atoms with Crippen molar-refractivity contribution in [2.75, 3.05) is 0 Å². The van der Waals surface area contributed by atoms with Gasteiger partial charge in [-0.15, -0.1) is 0 Å². The standard InChI is InChI=1S/C14H16F2O2S/c1-8-4-11(13(16)5-12(8)15)14(17)6-9-2-3-10(7-14)19(9)18/h4-5,9-10,17H,2-3,6-7H2,1H3. The summed E-state index contributed by atoms with van der Waals surface area (Å²) in [5, 5.41) is 10.6. The van der Waals surface area contributed by atoms with Crippen molar-refractivity contribution in [1.82, 2.24) is 0 Å². The predicted molar refractivity (Wildman–Crippen MR) is 69.2 cm³/mol. The number of hydrogen-bond acceptors (Lipinski definition) is 2. The van der Waals surface area contributed by atoms with Crippen molar-refractivity contribution in [3.63, 3.8) is 0 Å². The van der Waals surface area contributed by atoms with Crippen LogP contribution in [0, 0.1) is 18.6 Å². The van der Waals surface area contributed by atoms with Crippen molar-refractivity contribution in [1.29, 1.82) is 0 Å². The molecule has 1 aromatic rings. The zero-order valence-electron chi connectivity index (χ0n) is 10.7. The molecule has 2 aliphatic rings. The van der Waals surface area contributed by atoms with Crippen LogP contribution in [0.3, 0.4) is 0 Å². The second kappa shape index (κ2) is 4.35. The van der Waals surface area contributed by atoms with Crippen molar-refractivity contribution < 1.29 is 18.1 Å². The first-order chi connectivity index (χ1) is 8.90. The van der Waals surface area contributed by atoms with E-state index in [2.05, 4.69) is 0 Å². The molecule has 2 aliphatic heterocycles. The molecule has 2 bridgehead atoms. The van der Waals surface area contributed by atoms with Crippen molar-refractivity contribution in [2.45, 2.75) is 48.7 Å². The molecule has 0 spiro atoms. The fraction of sp³-hybridized carbons (Fsp3) is 0.571. The average Bonchev–Trinajstić information content (AvgIpc) is 2.59. The van der Waals surface area contributed by atoms with Gasteiger partial charge in [0.05, 0.1) is 5.60 Å². The second-order valence-corrected chi connectivity index (χ2v) is 7.66. The van der Waals surface area contributed by atoms with Crippen LogP contribution in [-0.2, 0) is 16.4 Å². The minimum atomic E-state index is -1.30. The number of aryl methyl sites for hydroxylation is 1. The second-order valence-electron chi connectivity index (χ2n) is 5.67. The lowest BCUT2D eigenvalue weighted by Gasteiger charge is -2.36. The Balaban J connectivity index is 2.02. The third kappa shape index (κ3) is 2.03. The monoisotopic (exact) mass is 286 g/mol. The molecule has 1 N–H and O–H groups in total. The van der Waals surface area contributed by atoms with Gasteiger partial charge in [-0.2, -0.15) is 0 Å². The van der Waals surface area contributed by atoms with Gasteiger partial charge < -0.3 is 5.11 Å². The smallest absolute Gasteiger partial charge is 0.132 e. The molecule has 0 aromatic heterocycles. The lowest BCUT2D eigenvalue weighted by atomic mass is 9.85. The van der Waals surface area contributed by atoms with E-state index in [1.807, 2.05) is 0 Å². The Labute approximate surface area is 113 Å². The van der Waals surface area contributed by atoms with Crippen molar-refractivity contribution in [3.05, 3.63) is 34.9 Å². The first-order valence-electron chi connectivity index (χ1n) is 6.48. The van der Waals surface area contributed by atoms with E-state index in [1.54, 1.807) is 6.92 Å². The molecule has 104 valence electrons. The predicted octanol–water partition coefficient (Wildman–Crippen LogP) is 2.53. The highest BCUT2D eigenvalue weighted by Crippen LogP contribution is 2.46. The van der Waals surface area contributed by atoms with E-state index in [9.17, 15) is 18.1 Å². The molecule has 5 heteroatoms. The lowest BCUT2D eigenvalue weighted by Crippen LogP contribution is -2.41. The number of aliphatic hydroxyl groups is 1. The normalized spacial score (nSPS) is 37.6. The van der Waals surface area contributed by atoms with Gasteiger partial charge in [-0.1, -0.05) is 0 Å². The number of benzene rings is 1. The third-order valence-corrected chi connectivity index (χ3v) is 6.47. The zero-order valence-corrected chi connectivity index (χ0v) is 11.5. The van der Waals surface area contributed by atoms with E-state index in [0.717, 1.165) is 18.9 Å². The zero-order chi connectivity index (χ0) is 13.8. The summed E-state index contributed by atoms with van der Waals surface area (Å²) in [5.74, 6) is -1.31. The molecule has 0 amide bonds. The Morgan fingerprint density at radius 2 is 1.79 bits per heavy atom. The van der Waals surface area contributed by atoms with Gasteiger partial charge >= 0.3 is 0 Å². The molecule has 1 aromatic carbocycles. The van der Waals surface area contributed by atoms with Gasteiger partial charge in [0, 0.05) is 32.9 Å².